The molecular formula is C14H12N2O5. The Hall–Kier alpha value is -2.85. The van der Waals surface area contributed by atoms with Crippen molar-refractivity contribution in [3.63, 3.8) is 0 Å². The highest BCUT2D eigenvalue weighted by Crippen LogP contribution is 2.29. The summed E-state index contributed by atoms with van der Waals surface area (Å²) in [5.41, 5.74) is 1.19. The van der Waals surface area contributed by atoms with Gasteiger partial charge in [0, 0.05) is 5.56 Å². The highest BCUT2D eigenvalue weighted by Gasteiger charge is 2.32. The summed E-state index contributed by atoms with van der Waals surface area (Å²) in [6.07, 6.45) is -0.617. The third kappa shape index (κ3) is 3.19. The molecule has 1 atom stereocenters. The van der Waals surface area contributed by atoms with Crippen LogP contribution in [0.3, 0.4) is 0 Å². The number of rotatable bonds is 3. The Balaban J connectivity index is 2.32. The molecule has 1 aromatic carbocycles. The van der Waals surface area contributed by atoms with Gasteiger partial charge >= 0.3 is 12.1 Å². The molecule has 1 aliphatic heterocycles. The maximum Gasteiger partial charge on any atom is 0.436 e. The zero-order chi connectivity index (χ0) is 15.4. The molecule has 2 rings (SSSR count). The molecule has 0 aromatic heterocycles. The average molecular weight is 288 g/mol. The highest BCUT2D eigenvalue weighted by atomic mass is 16.7. The van der Waals surface area contributed by atoms with Gasteiger partial charge in [0.25, 0.3) is 0 Å². The van der Waals surface area contributed by atoms with Gasteiger partial charge in [-0.05, 0) is 18.2 Å². The van der Waals surface area contributed by atoms with Crippen LogP contribution in [0.2, 0.25) is 0 Å². The quantitative estimate of drug-likeness (QED) is 0.850. The number of methoxy groups -OCH3 is 1. The van der Waals surface area contributed by atoms with E-state index < -0.39 is 18.2 Å². The zero-order valence-electron chi connectivity index (χ0n) is 11.1. The summed E-state index contributed by atoms with van der Waals surface area (Å²) < 4.78 is 4.53. The number of ether oxygens (including phenoxy) is 1. The first-order valence-electron chi connectivity index (χ1n) is 6.04. The molecule has 7 heteroatoms. The van der Waals surface area contributed by atoms with Crippen LogP contribution in [0, 0.1) is 11.3 Å². The van der Waals surface area contributed by atoms with Gasteiger partial charge in [-0.25, -0.2) is 4.79 Å². The molecule has 1 N–H and O–H groups in total. The molecular weight excluding hydrogens is 276 g/mol. The third-order valence-corrected chi connectivity index (χ3v) is 2.86. The number of hydroxylamine groups is 2. The number of nitrogens with zero attached hydrogens (tertiary/aromatic N) is 2. The van der Waals surface area contributed by atoms with E-state index in [0.29, 0.717) is 16.2 Å². The predicted octanol–water partition coefficient (Wildman–Crippen LogP) is 1.76. The molecule has 0 spiro atoms. The van der Waals surface area contributed by atoms with Gasteiger partial charge in [0.15, 0.2) is 0 Å². The van der Waals surface area contributed by atoms with Gasteiger partial charge in [0.05, 0.1) is 30.9 Å². The van der Waals surface area contributed by atoms with E-state index in [2.05, 4.69) is 4.74 Å². The molecule has 1 aliphatic rings. The lowest BCUT2D eigenvalue weighted by molar-refractivity contribution is -0.149. The van der Waals surface area contributed by atoms with Crippen molar-refractivity contribution in [2.75, 3.05) is 7.11 Å². The van der Waals surface area contributed by atoms with Crippen molar-refractivity contribution in [3.8, 4) is 6.07 Å². The summed E-state index contributed by atoms with van der Waals surface area (Å²) in [6, 6.07) is 8.44. The van der Waals surface area contributed by atoms with Crippen LogP contribution in [0.5, 0.6) is 0 Å². The van der Waals surface area contributed by atoms with Crippen LogP contribution in [0.1, 0.15) is 17.5 Å². The van der Waals surface area contributed by atoms with Crippen LogP contribution < -0.4 is 0 Å². The van der Waals surface area contributed by atoms with E-state index in [4.69, 9.17) is 15.2 Å². The SMILES string of the molecule is COC(=O)CC1C=C(c2cccc(C#N)c2)N(C(=O)O)O1. The van der Waals surface area contributed by atoms with Crippen molar-refractivity contribution in [2.45, 2.75) is 12.5 Å². The molecule has 0 aliphatic carbocycles. The van der Waals surface area contributed by atoms with E-state index in [1.54, 1.807) is 24.3 Å². The Morgan fingerprint density at radius 3 is 2.90 bits per heavy atom. The van der Waals surface area contributed by atoms with Gasteiger partial charge < -0.3 is 9.84 Å². The van der Waals surface area contributed by atoms with E-state index in [1.807, 2.05) is 6.07 Å². The third-order valence-electron chi connectivity index (χ3n) is 2.86. The lowest BCUT2D eigenvalue weighted by Gasteiger charge is -2.16. The predicted molar refractivity (Wildman–Crippen MR) is 70.5 cm³/mol. The second kappa shape index (κ2) is 6.07. The van der Waals surface area contributed by atoms with E-state index in [-0.39, 0.29) is 12.1 Å². The molecule has 0 saturated carbocycles. The fourth-order valence-electron chi connectivity index (χ4n) is 1.92. The number of amides is 1. The maximum absolute atomic E-state index is 11.2. The molecule has 7 nitrogen and oxygen atoms in total. The monoisotopic (exact) mass is 288 g/mol. The van der Waals surface area contributed by atoms with Crippen molar-refractivity contribution in [3.05, 3.63) is 41.5 Å². The minimum Gasteiger partial charge on any atom is -0.469 e. The lowest BCUT2D eigenvalue weighted by atomic mass is 10.1. The minimum atomic E-state index is -1.31. The summed E-state index contributed by atoms with van der Waals surface area (Å²) in [7, 11) is 1.24. The van der Waals surface area contributed by atoms with Crippen molar-refractivity contribution in [2.24, 2.45) is 0 Å². The van der Waals surface area contributed by atoms with Gasteiger partial charge in [-0.3, -0.25) is 9.63 Å². The second-order valence-electron chi connectivity index (χ2n) is 4.25. The number of nitriles is 1. The van der Waals surface area contributed by atoms with Crippen LogP contribution in [0.25, 0.3) is 5.70 Å². The Labute approximate surface area is 120 Å². The van der Waals surface area contributed by atoms with Crippen LogP contribution in [0.4, 0.5) is 4.79 Å². The molecule has 0 fully saturated rings. The van der Waals surface area contributed by atoms with Gasteiger partial charge in [-0.1, -0.05) is 12.1 Å². The molecule has 108 valence electrons. The molecule has 21 heavy (non-hydrogen) atoms. The van der Waals surface area contributed by atoms with Crippen LogP contribution in [0.15, 0.2) is 30.3 Å². The molecule has 0 bridgehead atoms. The van der Waals surface area contributed by atoms with Crippen molar-refractivity contribution >= 4 is 17.8 Å². The number of carbonyl (C=O) groups excluding carboxylic acids is 1. The minimum absolute atomic E-state index is 0.0955. The Kier molecular flexibility index (Phi) is 4.21. The number of benzene rings is 1. The normalized spacial score (nSPS) is 17.0. The number of hydrogen-bond acceptors (Lipinski definition) is 5. The number of esters is 1. The highest BCUT2D eigenvalue weighted by molar-refractivity contribution is 5.82. The molecule has 1 heterocycles. The van der Waals surface area contributed by atoms with Crippen LogP contribution in [-0.4, -0.2) is 35.4 Å². The molecule has 1 unspecified atom stereocenters. The summed E-state index contributed by atoms with van der Waals surface area (Å²) >= 11 is 0. The van der Waals surface area contributed by atoms with Gasteiger partial charge in [-0.15, -0.1) is 0 Å². The average Bonchev–Trinajstić information content (AvgIpc) is 2.91. The summed E-state index contributed by atoms with van der Waals surface area (Å²) in [4.78, 5) is 27.7. The number of carboxylic acid groups (broad SMARTS) is 1. The second-order valence-corrected chi connectivity index (χ2v) is 4.25. The topological polar surface area (TPSA) is 99.9 Å². The summed E-state index contributed by atoms with van der Waals surface area (Å²) in [5.74, 6) is -0.506. The van der Waals surface area contributed by atoms with Gasteiger partial charge in [-0.2, -0.15) is 10.3 Å². The summed E-state index contributed by atoms with van der Waals surface area (Å²) in [6.45, 7) is 0. The smallest absolute Gasteiger partial charge is 0.436 e. The largest absolute Gasteiger partial charge is 0.469 e. The van der Waals surface area contributed by atoms with Gasteiger partial charge in [0.1, 0.15) is 6.10 Å². The van der Waals surface area contributed by atoms with E-state index in [9.17, 15) is 9.59 Å². The Morgan fingerprint density at radius 2 is 2.29 bits per heavy atom. The van der Waals surface area contributed by atoms with Crippen LogP contribution in [-0.2, 0) is 14.4 Å². The first-order chi connectivity index (χ1) is 10.0. The fraction of sp³-hybridized carbons (Fsp3) is 0.214. The van der Waals surface area contributed by atoms with E-state index >= 15 is 0 Å². The Bertz CT molecular complexity index is 647. The number of carbonyl (C=O) groups is 2. The Morgan fingerprint density at radius 1 is 1.52 bits per heavy atom. The van der Waals surface area contributed by atoms with Crippen molar-refractivity contribution < 1.29 is 24.3 Å². The molecule has 0 saturated heterocycles. The maximum atomic E-state index is 11.2. The standard InChI is InChI=1S/C14H12N2O5/c1-20-13(17)7-11-6-12(16(21-11)14(18)19)10-4-2-3-9(5-10)8-15/h2-6,11H,7H2,1H3,(H,18,19). The molecule has 1 amide bonds. The molecule has 0 radical (unpaired) electrons. The number of hydrogen-bond donors (Lipinski definition) is 1. The zero-order valence-corrected chi connectivity index (χ0v) is 11.1. The van der Waals surface area contributed by atoms with Crippen LogP contribution >= 0.6 is 0 Å². The van der Waals surface area contributed by atoms with E-state index in [0.717, 1.165) is 0 Å². The first-order valence-corrected chi connectivity index (χ1v) is 6.04. The molecule has 1 aromatic rings. The van der Waals surface area contributed by atoms with Crippen molar-refractivity contribution in [1.82, 2.24) is 5.06 Å². The summed E-state index contributed by atoms with van der Waals surface area (Å²) in [5, 5.41) is 18.7. The fourth-order valence-corrected chi connectivity index (χ4v) is 1.92. The van der Waals surface area contributed by atoms with Gasteiger partial charge in [0.2, 0.25) is 0 Å². The van der Waals surface area contributed by atoms with E-state index in [1.165, 1.54) is 13.2 Å². The lowest BCUT2D eigenvalue weighted by Crippen LogP contribution is -2.27. The van der Waals surface area contributed by atoms with Crippen molar-refractivity contribution in [1.29, 1.82) is 5.26 Å². The first kappa shape index (κ1) is 14.6.